The van der Waals surface area contributed by atoms with E-state index in [2.05, 4.69) is 70.7 Å². The summed E-state index contributed by atoms with van der Waals surface area (Å²) in [5.74, 6) is 0.701. The number of anilines is 1. The van der Waals surface area contributed by atoms with E-state index < -0.39 is 0 Å². The summed E-state index contributed by atoms with van der Waals surface area (Å²) in [6.07, 6.45) is 3.63. The Kier molecular flexibility index (Phi) is 4.91. The molecular weight excluding hydrogens is 315 g/mol. The topological polar surface area (TPSA) is 41.0 Å². The number of halogens is 1. The maximum absolute atomic E-state index is 4.22. The van der Waals surface area contributed by atoms with Gasteiger partial charge in [0.1, 0.15) is 0 Å². The van der Waals surface area contributed by atoms with Gasteiger partial charge in [-0.15, -0.1) is 0 Å². The highest BCUT2D eigenvalue weighted by atomic mass is 127. The summed E-state index contributed by atoms with van der Waals surface area (Å²) in [7, 11) is 4.17. The zero-order chi connectivity index (χ0) is 12.2. The Morgan fingerprint density at radius 3 is 2.38 bits per heavy atom. The molecule has 0 aliphatic heterocycles. The van der Waals surface area contributed by atoms with Crippen molar-refractivity contribution in [2.75, 3.05) is 32.5 Å². The van der Waals surface area contributed by atoms with Gasteiger partial charge in [-0.25, -0.2) is 9.97 Å². The molecule has 0 atom stereocenters. The van der Waals surface area contributed by atoms with E-state index in [1.54, 1.807) is 0 Å². The van der Waals surface area contributed by atoms with Crippen molar-refractivity contribution in [1.82, 2.24) is 14.9 Å². The molecule has 0 aliphatic carbocycles. The van der Waals surface area contributed by atoms with Crippen LogP contribution in [0.1, 0.15) is 13.8 Å². The van der Waals surface area contributed by atoms with Gasteiger partial charge < -0.3 is 10.2 Å². The molecule has 0 aliphatic rings. The molecule has 0 aromatic carbocycles. The highest BCUT2D eigenvalue weighted by Gasteiger charge is 2.18. The quantitative estimate of drug-likeness (QED) is 0.837. The third kappa shape index (κ3) is 5.07. The fourth-order valence-corrected chi connectivity index (χ4v) is 1.91. The molecule has 0 radical (unpaired) electrons. The second-order valence-corrected chi connectivity index (χ2v) is 6.23. The zero-order valence-corrected chi connectivity index (χ0v) is 12.4. The molecule has 0 amide bonds. The van der Waals surface area contributed by atoms with Crippen molar-refractivity contribution in [1.29, 1.82) is 0 Å². The first-order valence-electron chi connectivity index (χ1n) is 5.25. The van der Waals surface area contributed by atoms with Crippen molar-refractivity contribution in [2.24, 2.45) is 5.41 Å². The van der Waals surface area contributed by atoms with Crippen LogP contribution in [0.4, 0.5) is 5.95 Å². The maximum atomic E-state index is 4.22. The van der Waals surface area contributed by atoms with Crippen LogP contribution in [-0.2, 0) is 0 Å². The van der Waals surface area contributed by atoms with Crippen LogP contribution in [0.15, 0.2) is 12.4 Å². The monoisotopic (exact) mass is 334 g/mol. The molecular formula is C11H19IN4. The van der Waals surface area contributed by atoms with Crippen LogP contribution < -0.4 is 5.32 Å². The Balaban J connectivity index is 2.47. The summed E-state index contributed by atoms with van der Waals surface area (Å²) in [5, 5.41) is 3.27. The van der Waals surface area contributed by atoms with Crippen LogP contribution in [0.25, 0.3) is 0 Å². The molecule has 0 bridgehead atoms. The van der Waals surface area contributed by atoms with Gasteiger partial charge in [-0.2, -0.15) is 0 Å². The van der Waals surface area contributed by atoms with Gasteiger partial charge in [0.05, 0.1) is 0 Å². The molecule has 4 nitrogen and oxygen atoms in total. The molecule has 0 saturated heterocycles. The summed E-state index contributed by atoms with van der Waals surface area (Å²) in [6.45, 7) is 6.36. The summed E-state index contributed by atoms with van der Waals surface area (Å²) >= 11 is 2.20. The minimum absolute atomic E-state index is 0.204. The Hall–Kier alpha value is -0.430. The average Bonchev–Trinajstić information content (AvgIpc) is 2.15. The van der Waals surface area contributed by atoms with Gasteiger partial charge in [0.2, 0.25) is 5.95 Å². The lowest BCUT2D eigenvalue weighted by Crippen LogP contribution is -2.34. The van der Waals surface area contributed by atoms with Gasteiger partial charge in [-0.05, 0) is 42.1 Å². The van der Waals surface area contributed by atoms with Gasteiger partial charge in [-0.1, -0.05) is 13.8 Å². The first-order chi connectivity index (χ1) is 7.39. The molecule has 90 valence electrons. The standard InChI is InChI=1S/C11H19IN4/c1-11(2,8-16(3)4)7-15-10-13-5-9(12)6-14-10/h5-6H,7-8H2,1-4H3,(H,13,14,15). The van der Waals surface area contributed by atoms with Crippen LogP contribution in [0, 0.1) is 8.99 Å². The number of aromatic nitrogens is 2. The predicted molar refractivity (Wildman–Crippen MR) is 75.6 cm³/mol. The largest absolute Gasteiger partial charge is 0.354 e. The van der Waals surface area contributed by atoms with E-state index in [9.17, 15) is 0 Å². The first kappa shape index (κ1) is 13.6. The third-order valence-corrected chi connectivity index (χ3v) is 2.65. The summed E-state index contributed by atoms with van der Waals surface area (Å²) < 4.78 is 1.05. The zero-order valence-electron chi connectivity index (χ0n) is 10.3. The maximum Gasteiger partial charge on any atom is 0.222 e. The Morgan fingerprint density at radius 1 is 1.31 bits per heavy atom. The first-order valence-corrected chi connectivity index (χ1v) is 6.33. The lowest BCUT2D eigenvalue weighted by atomic mass is 9.93. The van der Waals surface area contributed by atoms with Crippen LogP contribution in [0.2, 0.25) is 0 Å². The van der Waals surface area contributed by atoms with Crippen molar-refractivity contribution in [3.8, 4) is 0 Å². The summed E-state index contributed by atoms with van der Waals surface area (Å²) in [5.41, 5.74) is 0.204. The number of nitrogens with one attached hydrogen (secondary N) is 1. The minimum Gasteiger partial charge on any atom is -0.354 e. The van der Waals surface area contributed by atoms with Crippen molar-refractivity contribution in [3.05, 3.63) is 16.0 Å². The minimum atomic E-state index is 0.204. The Labute approximate surface area is 111 Å². The van der Waals surface area contributed by atoms with Gasteiger partial charge in [0.25, 0.3) is 0 Å². The molecule has 1 N–H and O–H groups in total. The van der Waals surface area contributed by atoms with Crippen LogP contribution in [-0.4, -0.2) is 42.1 Å². The molecule has 16 heavy (non-hydrogen) atoms. The molecule has 0 spiro atoms. The molecule has 1 aromatic heterocycles. The van der Waals surface area contributed by atoms with E-state index >= 15 is 0 Å². The summed E-state index contributed by atoms with van der Waals surface area (Å²) in [6, 6.07) is 0. The van der Waals surface area contributed by atoms with Gasteiger partial charge >= 0.3 is 0 Å². The molecule has 5 heteroatoms. The third-order valence-electron chi connectivity index (χ3n) is 2.09. The normalized spacial score (nSPS) is 11.9. The number of nitrogens with zero attached hydrogens (tertiary/aromatic N) is 3. The van der Waals surface area contributed by atoms with E-state index in [1.165, 1.54) is 0 Å². The van der Waals surface area contributed by atoms with Crippen LogP contribution in [0.5, 0.6) is 0 Å². The Morgan fingerprint density at radius 2 is 1.88 bits per heavy atom. The average molecular weight is 334 g/mol. The van der Waals surface area contributed by atoms with E-state index in [4.69, 9.17) is 0 Å². The fourth-order valence-electron chi connectivity index (χ4n) is 1.63. The number of rotatable bonds is 5. The van der Waals surface area contributed by atoms with E-state index in [0.29, 0.717) is 5.95 Å². The molecule has 0 unspecified atom stereocenters. The van der Waals surface area contributed by atoms with Gasteiger partial charge in [0.15, 0.2) is 0 Å². The van der Waals surface area contributed by atoms with Gasteiger partial charge in [0, 0.05) is 29.1 Å². The predicted octanol–water partition coefficient (Wildman–Crippen LogP) is 2.08. The van der Waals surface area contributed by atoms with Crippen LogP contribution >= 0.6 is 22.6 Å². The highest BCUT2D eigenvalue weighted by Crippen LogP contribution is 2.16. The van der Waals surface area contributed by atoms with Crippen LogP contribution in [0.3, 0.4) is 0 Å². The van der Waals surface area contributed by atoms with E-state index in [0.717, 1.165) is 16.7 Å². The van der Waals surface area contributed by atoms with Crippen molar-refractivity contribution in [2.45, 2.75) is 13.8 Å². The summed E-state index contributed by atoms with van der Waals surface area (Å²) in [4.78, 5) is 10.6. The van der Waals surface area contributed by atoms with Crippen molar-refractivity contribution >= 4 is 28.5 Å². The smallest absolute Gasteiger partial charge is 0.222 e. The van der Waals surface area contributed by atoms with E-state index in [1.807, 2.05) is 12.4 Å². The number of hydrogen-bond acceptors (Lipinski definition) is 4. The Bertz CT molecular complexity index is 321. The SMILES string of the molecule is CN(C)CC(C)(C)CNc1ncc(I)cn1. The molecule has 0 saturated carbocycles. The fraction of sp³-hybridized carbons (Fsp3) is 0.636. The van der Waals surface area contributed by atoms with Crippen molar-refractivity contribution < 1.29 is 0 Å². The molecule has 1 aromatic rings. The second-order valence-electron chi connectivity index (χ2n) is 4.98. The highest BCUT2D eigenvalue weighted by molar-refractivity contribution is 14.1. The second kappa shape index (κ2) is 5.77. The van der Waals surface area contributed by atoms with Crippen molar-refractivity contribution in [3.63, 3.8) is 0 Å². The molecule has 1 rings (SSSR count). The lowest BCUT2D eigenvalue weighted by Gasteiger charge is -2.28. The molecule has 1 heterocycles. The van der Waals surface area contributed by atoms with Gasteiger partial charge in [-0.3, -0.25) is 0 Å². The lowest BCUT2D eigenvalue weighted by molar-refractivity contribution is 0.254. The number of hydrogen-bond donors (Lipinski definition) is 1. The van der Waals surface area contributed by atoms with E-state index in [-0.39, 0.29) is 5.41 Å². The molecule has 0 fully saturated rings.